The van der Waals surface area contributed by atoms with Crippen molar-refractivity contribution in [3.05, 3.63) is 59.3 Å². The lowest BCUT2D eigenvalue weighted by Gasteiger charge is -2.13. The van der Waals surface area contributed by atoms with Crippen molar-refractivity contribution in [2.24, 2.45) is 12.0 Å². The van der Waals surface area contributed by atoms with Gasteiger partial charge in [-0.1, -0.05) is 25.1 Å². The summed E-state index contributed by atoms with van der Waals surface area (Å²) >= 11 is 1.44. The Kier molecular flexibility index (Phi) is 4.67. The van der Waals surface area contributed by atoms with E-state index in [2.05, 4.69) is 11.9 Å². The number of carbonyl (C=O) groups is 1. The predicted molar refractivity (Wildman–Crippen MR) is 96.5 cm³/mol. The molecular weight excluding hydrogens is 306 g/mol. The molecular formula is C18H19N3OS. The number of rotatable bonds is 4. The zero-order valence-electron chi connectivity index (χ0n) is 13.3. The van der Waals surface area contributed by atoms with E-state index in [1.807, 2.05) is 66.4 Å². The highest BCUT2D eigenvalue weighted by Gasteiger charge is 2.32. The molecule has 1 fully saturated rings. The number of amidine groups is 1. The van der Waals surface area contributed by atoms with Crippen LogP contribution in [0.3, 0.4) is 0 Å². The third-order valence-electron chi connectivity index (χ3n) is 3.58. The van der Waals surface area contributed by atoms with Crippen LogP contribution in [0.25, 0.3) is 6.08 Å². The molecule has 2 aromatic rings. The molecule has 118 valence electrons. The smallest absolute Gasteiger partial charge is 0.266 e. The lowest BCUT2D eigenvalue weighted by Crippen LogP contribution is -2.29. The second-order valence-electron chi connectivity index (χ2n) is 5.34. The summed E-state index contributed by atoms with van der Waals surface area (Å²) in [5, 5.41) is 0.753. The maximum atomic E-state index is 12.7. The molecule has 1 aliphatic rings. The molecule has 2 heterocycles. The summed E-state index contributed by atoms with van der Waals surface area (Å²) in [4.78, 5) is 19.8. The fourth-order valence-corrected chi connectivity index (χ4v) is 3.39. The van der Waals surface area contributed by atoms with Crippen molar-refractivity contribution >= 4 is 34.6 Å². The minimum atomic E-state index is 0.0349. The number of carbonyl (C=O) groups excluding carboxylic acids is 1. The van der Waals surface area contributed by atoms with Crippen LogP contribution in [0.5, 0.6) is 0 Å². The van der Waals surface area contributed by atoms with Crippen LogP contribution in [-0.2, 0) is 11.8 Å². The van der Waals surface area contributed by atoms with Crippen LogP contribution in [0, 0.1) is 0 Å². The van der Waals surface area contributed by atoms with Crippen LogP contribution in [0.2, 0.25) is 0 Å². The first-order valence-corrected chi connectivity index (χ1v) is 8.47. The van der Waals surface area contributed by atoms with Crippen molar-refractivity contribution in [2.45, 2.75) is 13.3 Å². The normalized spacial score (nSPS) is 18.3. The maximum absolute atomic E-state index is 12.7. The number of aryl methyl sites for hydroxylation is 1. The number of aliphatic imine (C=N–C) groups is 1. The van der Waals surface area contributed by atoms with Crippen molar-refractivity contribution in [2.75, 3.05) is 6.54 Å². The first-order chi connectivity index (χ1) is 11.2. The van der Waals surface area contributed by atoms with Gasteiger partial charge in [-0.2, -0.15) is 0 Å². The number of benzene rings is 1. The van der Waals surface area contributed by atoms with Crippen LogP contribution < -0.4 is 0 Å². The van der Waals surface area contributed by atoms with Crippen LogP contribution in [0.4, 0.5) is 5.69 Å². The molecule has 5 heteroatoms. The van der Waals surface area contributed by atoms with Gasteiger partial charge < -0.3 is 4.57 Å². The third kappa shape index (κ3) is 3.40. The zero-order valence-corrected chi connectivity index (χ0v) is 14.1. The van der Waals surface area contributed by atoms with E-state index in [1.165, 1.54) is 11.8 Å². The maximum Gasteiger partial charge on any atom is 0.266 e. The van der Waals surface area contributed by atoms with E-state index < -0.39 is 0 Å². The summed E-state index contributed by atoms with van der Waals surface area (Å²) < 4.78 is 2.00. The van der Waals surface area contributed by atoms with Crippen molar-refractivity contribution in [3.63, 3.8) is 0 Å². The summed E-state index contributed by atoms with van der Waals surface area (Å²) in [5.74, 6) is 0.0349. The Balaban J connectivity index is 1.94. The topological polar surface area (TPSA) is 37.6 Å². The van der Waals surface area contributed by atoms with Gasteiger partial charge in [0.05, 0.1) is 10.6 Å². The van der Waals surface area contributed by atoms with Crippen molar-refractivity contribution in [3.8, 4) is 0 Å². The van der Waals surface area contributed by atoms with Gasteiger partial charge in [0, 0.05) is 25.5 Å². The molecule has 23 heavy (non-hydrogen) atoms. The Morgan fingerprint density at radius 1 is 1.17 bits per heavy atom. The van der Waals surface area contributed by atoms with Gasteiger partial charge in [-0.15, -0.1) is 0 Å². The first kappa shape index (κ1) is 15.6. The monoisotopic (exact) mass is 325 g/mol. The van der Waals surface area contributed by atoms with Gasteiger partial charge >= 0.3 is 0 Å². The largest absolute Gasteiger partial charge is 0.351 e. The van der Waals surface area contributed by atoms with Gasteiger partial charge in [-0.05, 0) is 48.5 Å². The van der Waals surface area contributed by atoms with E-state index in [1.54, 1.807) is 4.90 Å². The molecule has 0 unspecified atom stereocenters. The molecule has 4 nitrogen and oxygen atoms in total. The van der Waals surface area contributed by atoms with E-state index in [-0.39, 0.29) is 5.91 Å². The van der Waals surface area contributed by atoms with E-state index in [9.17, 15) is 4.79 Å². The molecule has 1 aromatic carbocycles. The number of nitrogens with zero attached hydrogens (tertiary/aromatic N) is 3. The van der Waals surface area contributed by atoms with Gasteiger partial charge in [-0.25, -0.2) is 4.99 Å². The lowest BCUT2D eigenvalue weighted by atomic mass is 10.3. The Hall–Kier alpha value is -2.27. The molecule has 1 saturated heterocycles. The third-order valence-corrected chi connectivity index (χ3v) is 4.59. The van der Waals surface area contributed by atoms with Crippen LogP contribution in [-0.4, -0.2) is 27.1 Å². The van der Waals surface area contributed by atoms with Gasteiger partial charge in [0.2, 0.25) is 0 Å². The van der Waals surface area contributed by atoms with Crippen molar-refractivity contribution in [1.82, 2.24) is 9.47 Å². The van der Waals surface area contributed by atoms with E-state index >= 15 is 0 Å². The molecule has 3 rings (SSSR count). The second-order valence-corrected chi connectivity index (χ2v) is 6.35. The highest BCUT2D eigenvalue weighted by molar-refractivity contribution is 8.18. The number of para-hydroxylation sites is 1. The quantitative estimate of drug-likeness (QED) is 0.796. The second kappa shape index (κ2) is 6.87. The van der Waals surface area contributed by atoms with Crippen LogP contribution in [0.15, 0.2) is 58.6 Å². The first-order valence-electron chi connectivity index (χ1n) is 7.65. The number of amides is 1. The molecule has 0 N–H and O–H groups in total. The van der Waals surface area contributed by atoms with Gasteiger partial charge in [0.15, 0.2) is 5.17 Å². The highest BCUT2D eigenvalue weighted by atomic mass is 32.2. The molecule has 0 saturated carbocycles. The van der Waals surface area contributed by atoms with Crippen LogP contribution >= 0.6 is 11.8 Å². The Labute approximate surface area is 140 Å². The minimum absolute atomic E-state index is 0.0349. The summed E-state index contributed by atoms with van der Waals surface area (Å²) in [6.45, 7) is 2.75. The summed E-state index contributed by atoms with van der Waals surface area (Å²) in [6.07, 6.45) is 4.81. The highest BCUT2D eigenvalue weighted by Crippen LogP contribution is 2.34. The fourth-order valence-electron chi connectivity index (χ4n) is 2.38. The molecule has 0 radical (unpaired) electrons. The molecule has 0 atom stereocenters. The summed E-state index contributed by atoms with van der Waals surface area (Å²) in [5.41, 5.74) is 1.88. The molecule has 1 amide bonds. The standard InChI is InChI=1S/C18H19N3OS/c1-3-11-21-17(22)16(13-15-10-7-12-20(15)2)23-18(21)19-14-8-5-4-6-9-14/h4-10,12-13H,3,11H2,1-2H3/b16-13-,19-18?. The number of hydrogen-bond donors (Lipinski definition) is 0. The molecule has 1 aromatic heterocycles. The van der Waals surface area contributed by atoms with E-state index in [0.717, 1.165) is 27.9 Å². The Bertz CT molecular complexity index is 762. The zero-order chi connectivity index (χ0) is 16.2. The van der Waals surface area contributed by atoms with Gasteiger partial charge in [0.25, 0.3) is 5.91 Å². The minimum Gasteiger partial charge on any atom is -0.351 e. The Morgan fingerprint density at radius 3 is 2.61 bits per heavy atom. The molecule has 1 aliphatic heterocycles. The van der Waals surface area contributed by atoms with Gasteiger partial charge in [0.1, 0.15) is 0 Å². The van der Waals surface area contributed by atoms with E-state index in [0.29, 0.717) is 6.54 Å². The molecule has 0 bridgehead atoms. The van der Waals surface area contributed by atoms with Gasteiger partial charge in [-0.3, -0.25) is 9.69 Å². The summed E-state index contributed by atoms with van der Waals surface area (Å²) in [6, 6.07) is 13.7. The fraction of sp³-hybridized carbons (Fsp3) is 0.222. The molecule has 0 spiro atoms. The predicted octanol–water partition coefficient (Wildman–Crippen LogP) is 4.04. The van der Waals surface area contributed by atoms with E-state index in [4.69, 9.17) is 0 Å². The summed E-state index contributed by atoms with van der Waals surface area (Å²) in [7, 11) is 1.97. The van der Waals surface area contributed by atoms with Crippen LogP contribution in [0.1, 0.15) is 19.0 Å². The SMILES string of the molecule is CCCN1C(=O)/C(=C/c2cccn2C)SC1=Nc1ccccc1. The lowest BCUT2D eigenvalue weighted by molar-refractivity contribution is -0.122. The average Bonchev–Trinajstić information content (AvgIpc) is 3.08. The molecule has 0 aliphatic carbocycles. The van der Waals surface area contributed by atoms with Crippen molar-refractivity contribution < 1.29 is 4.79 Å². The van der Waals surface area contributed by atoms with Crippen molar-refractivity contribution in [1.29, 1.82) is 0 Å². The average molecular weight is 325 g/mol. The number of thioether (sulfide) groups is 1. The number of aromatic nitrogens is 1. The number of hydrogen-bond acceptors (Lipinski definition) is 3. The Morgan fingerprint density at radius 2 is 1.96 bits per heavy atom.